The van der Waals surface area contributed by atoms with E-state index >= 15 is 0 Å². The molecule has 0 aromatic carbocycles. The number of anilines is 3. The molecule has 12 nitrogen and oxygen atoms in total. The number of nitrogens with two attached hydrogens (primary N) is 1. The molecule has 1 fully saturated rings. The Hall–Kier alpha value is -3.58. The van der Waals surface area contributed by atoms with E-state index in [0.29, 0.717) is 29.7 Å². The molecule has 1 aliphatic carbocycles. The molecule has 0 radical (unpaired) electrons. The molecule has 0 atom stereocenters. The second kappa shape index (κ2) is 8.57. The van der Waals surface area contributed by atoms with Crippen LogP contribution >= 0.6 is 0 Å². The number of nitrogens with one attached hydrogen (secondary N) is 1. The lowest BCUT2D eigenvalue weighted by Gasteiger charge is -2.43. The largest absolute Gasteiger partial charge is 0.407 e. The molecular weight excluding hydrogens is 472 g/mol. The van der Waals surface area contributed by atoms with Gasteiger partial charge in [0.2, 0.25) is 11.8 Å². The Morgan fingerprint density at radius 3 is 2.60 bits per heavy atom. The van der Waals surface area contributed by atoms with E-state index in [4.69, 9.17) is 20.0 Å². The molecule has 3 N–H and O–H groups in total. The predicted molar refractivity (Wildman–Crippen MR) is 130 cm³/mol. The number of nitrogens with zero attached hydrogens (tertiary/aromatic N) is 6. The number of hydrogen-bond donors (Lipinski definition) is 2. The number of hydrogen-bond acceptors (Lipinski definition) is 10. The number of sulfonamides is 1. The van der Waals surface area contributed by atoms with Gasteiger partial charge in [0.25, 0.3) is 10.0 Å². The number of fused-ring (bicyclic) bond motifs is 4. The van der Waals surface area contributed by atoms with E-state index in [0.717, 1.165) is 43.3 Å². The fourth-order valence-electron chi connectivity index (χ4n) is 4.81. The SMILES string of the molecule is CCN1N=C(OC(C)=O)C2(CCCCC2)n2c1cc1cnc(Nc3ccc(S(N)(=O)=O)nc3)nc12. The number of ether oxygens (including phenoxy) is 1. The van der Waals surface area contributed by atoms with Gasteiger partial charge in [-0.3, -0.25) is 9.36 Å². The molecular formula is C22H26N8O4S. The monoisotopic (exact) mass is 498 g/mol. The Labute approximate surface area is 202 Å². The minimum absolute atomic E-state index is 0.226. The van der Waals surface area contributed by atoms with Crippen LogP contribution in [0.3, 0.4) is 0 Å². The van der Waals surface area contributed by atoms with Crippen LogP contribution in [0.4, 0.5) is 17.5 Å². The molecule has 1 aliphatic heterocycles. The zero-order valence-electron chi connectivity index (χ0n) is 19.4. The van der Waals surface area contributed by atoms with E-state index < -0.39 is 21.5 Å². The molecule has 1 spiro atoms. The third-order valence-corrected chi connectivity index (χ3v) is 7.15. The van der Waals surface area contributed by atoms with E-state index in [1.165, 1.54) is 19.2 Å². The van der Waals surface area contributed by atoms with E-state index in [-0.39, 0.29) is 5.03 Å². The van der Waals surface area contributed by atoms with Crippen LogP contribution in [-0.2, 0) is 25.1 Å². The lowest BCUT2D eigenvalue weighted by atomic mass is 9.80. The second-order valence-electron chi connectivity index (χ2n) is 8.67. The minimum Gasteiger partial charge on any atom is -0.407 e. The van der Waals surface area contributed by atoms with E-state index in [9.17, 15) is 13.2 Å². The maximum Gasteiger partial charge on any atom is 0.309 e. The van der Waals surface area contributed by atoms with Gasteiger partial charge in [0.05, 0.1) is 11.9 Å². The summed E-state index contributed by atoms with van der Waals surface area (Å²) in [6.07, 6.45) is 7.68. The number of carbonyl (C=O) groups excluding carboxylic acids is 1. The standard InChI is InChI=1S/C22H26N8O4S/c1-3-29-18-11-15-12-25-21(26-16-7-8-17(24-13-16)35(23,32)33)27-19(15)30(18)22(9-5-4-6-10-22)20(28-29)34-14(2)31/h7-8,11-13H,3-6,9-10H2,1-2H3,(H2,23,32,33)(H,25,26,27). The van der Waals surface area contributed by atoms with Crippen LogP contribution in [0.25, 0.3) is 11.0 Å². The number of esters is 1. The van der Waals surface area contributed by atoms with Crippen molar-refractivity contribution < 1.29 is 17.9 Å². The van der Waals surface area contributed by atoms with Crippen LogP contribution in [0, 0.1) is 0 Å². The highest BCUT2D eigenvalue weighted by Gasteiger charge is 2.47. The Kier molecular flexibility index (Phi) is 5.68. The van der Waals surface area contributed by atoms with Gasteiger partial charge in [-0.1, -0.05) is 19.3 Å². The molecule has 0 amide bonds. The van der Waals surface area contributed by atoms with Gasteiger partial charge in [0, 0.05) is 25.1 Å². The first kappa shape index (κ1) is 23.2. The Morgan fingerprint density at radius 2 is 1.97 bits per heavy atom. The molecule has 3 aromatic heterocycles. The van der Waals surface area contributed by atoms with Crippen molar-refractivity contribution in [1.29, 1.82) is 0 Å². The van der Waals surface area contributed by atoms with Crippen molar-refractivity contribution in [2.75, 3.05) is 16.9 Å². The zero-order valence-corrected chi connectivity index (χ0v) is 20.2. The third-order valence-electron chi connectivity index (χ3n) is 6.33. The van der Waals surface area contributed by atoms with Crippen molar-refractivity contribution in [2.45, 2.75) is 56.5 Å². The van der Waals surface area contributed by atoms with E-state index in [1.807, 2.05) is 18.0 Å². The van der Waals surface area contributed by atoms with Gasteiger partial charge >= 0.3 is 5.97 Å². The lowest BCUT2D eigenvalue weighted by molar-refractivity contribution is -0.133. The Balaban J connectivity index is 1.60. The highest BCUT2D eigenvalue weighted by Crippen LogP contribution is 2.45. The van der Waals surface area contributed by atoms with Gasteiger partial charge in [-0.05, 0) is 38.0 Å². The number of pyridine rings is 1. The topological polar surface area (TPSA) is 158 Å². The normalized spacial score (nSPS) is 17.2. The van der Waals surface area contributed by atoms with Gasteiger partial charge in [-0.25, -0.2) is 28.5 Å². The maximum absolute atomic E-state index is 12.0. The number of primary sulfonamides is 1. The maximum atomic E-state index is 12.0. The molecule has 1 saturated carbocycles. The first-order valence-corrected chi connectivity index (χ1v) is 13.0. The summed E-state index contributed by atoms with van der Waals surface area (Å²) in [6.45, 7) is 3.95. The quantitative estimate of drug-likeness (QED) is 0.516. The van der Waals surface area contributed by atoms with Crippen molar-refractivity contribution in [3.63, 3.8) is 0 Å². The number of carbonyl (C=O) groups is 1. The fraction of sp³-hybridized carbons (Fsp3) is 0.409. The second-order valence-corrected chi connectivity index (χ2v) is 10.2. The van der Waals surface area contributed by atoms with E-state index in [2.05, 4.69) is 19.9 Å². The zero-order chi connectivity index (χ0) is 24.8. The number of aromatic nitrogens is 4. The first-order chi connectivity index (χ1) is 16.7. The Bertz CT molecular complexity index is 1430. The average Bonchev–Trinajstić information content (AvgIpc) is 3.21. The van der Waals surface area contributed by atoms with Crippen LogP contribution in [0.15, 0.2) is 40.7 Å². The summed E-state index contributed by atoms with van der Waals surface area (Å²) in [7, 11) is -3.89. The molecule has 3 aromatic rings. The molecule has 35 heavy (non-hydrogen) atoms. The molecule has 4 heterocycles. The smallest absolute Gasteiger partial charge is 0.309 e. The summed E-state index contributed by atoms with van der Waals surface area (Å²) in [5.41, 5.74) is 0.579. The lowest BCUT2D eigenvalue weighted by Crippen LogP contribution is -2.50. The molecule has 13 heteroatoms. The molecule has 0 unspecified atom stereocenters. The predicted octanol–water partition coefficient (Wildman–Crippen LogP) is 2.59. The fourth-order valence-corrected chi connectivity index (χ4v) is 5.26. The number of rotatable bonds is 4. The van der Waals surface area contributed by atoms with Crippen LogP contribution in [0.5, 0.6) is 0 Å². The van der Waals surface area contributed by atoms with Gasteiger partial charge < -0.3 is 10.1 Å². The minimum atomic E-state index is -3.89. The van der Waals surface area contributed by atoms with Gasteiger partial charge in [0.15, 0.2) is 5.03 Å². The molecule has 0 bridgehead atoms. The Morgan fingerprint density at radius 1 is 1.20 bits per heavy atom. The van der Waals surface area contributed by atoms with Crippen LogP contribution in [-0.4, -0.2) is 46.3 Å². The van der Waals surface area contributed by atoms with E-state index in [1.54, 1.807) is 12.3 Å². The van der Waals surface area contributed by atoms with Crippen LogP contribution in [0.2, 0.25) is 0 Å². The average molecular weight is 499 g/mol. The van der Waals surface area contributed by atoms with Crippen molar-refractivity contribution in [3.05, 3.63) is 30.6 Å². The number of hydrazone groups is 1. The van der Waals surface area contributed by atoms with Crippen molar-refractivity contribution in [2.24, 2.45) is 10.2 Å². The van der Waals surface area contributed by atoms with Crippen molar-refractivity contribution in [3.8, 4) is 0 Å². The van der Waals surface area contributed by atoms with Crippen molar-refractivity contribution in [1.82, 2.24) is 19.5 Å². The van der Waals surface area contributed by atoms with Gasteiger partial charge in [-0.15, -0.1) is 5.10 Å². The summed E-state index contributed by atoms with van der Waals surface area (Å²) in [5.74, 6) is 1.17. The highest BCUT2D eigenvalue weighted by molar-refractivity contribution is 7.89. The van der Waals surface area contributed by atoms with Gasteiger partial charge in [0.1, 0.15) is 17.0 Å². The summed E-state index contributed by atoms with van der Waals surface area (Å²) in [4.78, 5) is 25.1. The molecule has 5 rings (SSSR count). The summed E-state index contributed by atoms with van der Waals surface area (Å²) in [6, 6.07) is 4.85. The van der Waals surface area contributed by atoms with Crippen LogP contribution in [0.1, 0.15) is 46.0 Å². The summed E-state index contributed by atoms with van der Waals surface area (Å²) < 4.78 is 30.7. The first-order valence-electron chi connectivity index (χ1n) is 11.4. The summed E-state index contributed by atoms with van der Waals surface area (Å²) >= 11 is 0. The summed E-state index contributed by atoms with van der Waals surface area (Å²) in [5, 5.41) is 15.3. The van der Waals surface area contributed by atoms with Gasteiger partial charge in [-0.2, -0.15) is 4.98 Å². The molecule has 184 valence electrons. The van der Waals surface area contributed by atoms with Crippen LogP contribution < -0.4 is 15.5 Å². The molecule has 0 saturated heterocycles. The van der Waals surface area contributed by atoms with Crippen molar-refractivity contribution >= 4 is 50.4 Å². The third kappa shape index (κ3) is 4.10. The molecule has 2 aliphatic rings. The highest BCUT2D eigenvalue weighted by atomic mass is 32.2.